The Balaban J connectivity index is 2.26. The molecule has 11 heteroatoms. The molecule has 1 heterocycles. The fraction of sp³-hybridized carbons (Fsp3) is 0.533. The average Bonchev–Trinajstić information content (AvgIpc) is 3.32. The van der Waals surface area contributed by atoms with Crippen molar-refractivity contribution in [3.8, 4) is 5.75 Å². The maximum absolute atomic E-state index is 13.0. The number of halogens is 6. The van der Waals surface area contributed by atoms with Gasteiger partial charge in [0.05, 0.1) is 29.5 Å². The lowest BCUT2D eigenvalue weighted by Gasteiger charge is -2.26. The number of aromatic hydroxyl groups is 1. The highest BCUT2D eigenvalue weighted by molar-refractivity contribution is 5.64. The Morgan fingerprint density at radius 1 is 1.19 bits per heavy atom. The molecule has 1 saturated heterocycles. The number of phenols is 1. The van der Waals surface area contributed by atoms with Gasteiger partial charge in [0.1, 0.15) is 0 Å². The van der Waals surface area contributed by atoms with Crippen molar-refractivity contribution in [2.24, 2.45) is 0 Å². The second-order valence-electron chi connectivity index (χ2n) is 5.86. The van der Waals surface area contributed by atoms with Crippen LogP contribution in [0, 0.1) is 0 Å². The van der Waals surface area contributed by atoms with Gasteiger partial charge >= 0.3 is 12.4 Å². The summed E-state index contributed by atoms with van der Waals surface area (Å²) in [5, 5.41) is 9.83. The molecule has 0 aromatic heterocycles. The Kier molecular flexibility index (Phi) is 5.59. The number of hydrogen-bond donors (Lipinski definition) is 1. The van der Waals surface area contributed by atoms with Crippen LogP contribution in [0.1, 0.15) is 11.1 Å². The van der Waals surface area contributed by atoms with Crippen molar-refractivity contribution in [3.63, 3.8) is 0 Å². The summed E-state index contributed by atoms with van der Waals surface area (Å²) in [6, 6.07) is 0.314. The van der Waals surface area contributed by atoms with E-state index in [1.165, 1.54) is 11.9 Å². The fourth-order valence-electron chi connectivity index (χ4n) is 2.31. The van der Waals surface area contributed by atoms with Gasteiger partial charge in [-0.3, -0.25) is 4.79 Å². The first kappa shape index (κ1) is 20.1. The topological polar surface area (TPSA) is 56.3 Å². The van der Waals surface area contributed by atoms with Gasteiger partial charge in [-0.05, 0) is 12.1 Å². The third-order valence-corrected chi connectivity index (χ3v) is 3.85. The van der Waals surface area contributed by atoms with Gasteiger partial charge in [0.15, 0.2) is 5.75 Å². The van der Waals surface area contributed by atoms with Crippen molar-refractivity contribution >= 4 is 12.1 Å². The summed E-state index contributed by atoms with van der Waals surface area (Å²) >= 11 is 0. The lowest BCUT2D eigenvalue weighted by Crippen LogP contribution is -2.35. The molecule has 1 aromatic carbocycles. The number of anilines is 1. The van der Waals surface area contributed by atoms with Gasteiger partial charge in [-0.2, -0.15) is 26.3 Å². The van der Waals surface area contributed by atoms with E-state index in [2.05, 4.69) is 0 Å². The van der Waals surface area contributed by atoms with Gasteiger partial charge in [0.25, 0.3) is 0 Å². The van der Waals surface area contributed by atoms with Crippen LogP contribution < -0.4 is 4.90 Å². The highest BCUT2D eigenvalue weighted by Gasteiger charge is 2.40. The minimum Gasteiger partial charge on any atom is -0.505 e. The van der Waals surface area contributed by atoms with E-state index in [0.29, 0.717) is 19.1 Å². The van der Waals surface area contributed by atoms with E-state index in [0.717, 1.165) is 4.90 Å². The molecule has 1 aliphatic heterocycles. The van der Waals surface area contributed by atoms with Crippen LogP contribution in [-0.2, 0) is 21.9 Å². The molecule has 1 atom stereocenters. The highest BCUT2D eigenvalue weighted by atomic mass is 19.4. The summed E-state index contributed by atoms with van der Waals surface area (Å²) < 4.78 is 82.6. The number of rotatable bonds is 7. The molecule has 5 nitrogen and oxygen atoms in total. The van der Waals surface area contributed by atoms with Crippen LogP contribution in [-0.4, -0.2) is 55.8 Å². The highest BCUT2D eigenvalue weighted by Crippen LogP contribution is 2.44. The predicted octanol–water partition coefficient (Wildman–Crippen LogP) is 2.72. The third-order valence-electron chi connectivity index (χ3n) is 3.85. The average molecular weight is 386 g/mol. The summed E-state index contributed by atoms with van der Waals surface area (Å²) in [6.45, 7) is 0.720. The van der Waals surface area contributed by atoms with E-state index in [4.69, 9.17) is 4.74 Å². The summed E-state index contributed by atoms with van der Waals surface area (Å²) in [5.74, 6) is -1.30. The number of carbonyl (C=O) groups is 1. The Labute approximate surface area is 144 Å². The van der Waals surface area contributed by atoms with Crippen LogP contribution in [0.4, 0.5) is 32.0 Å². The first-order chi connectivity index (χ1) is 11.9. The van der Waals surface area contributed by atoms with Crippen molar-refractivity contribution in [3.05, 3.63) is 23.3 Å². The number of ether oxygens (including phenoxy) is 1. The van der Waals surface area contributed by atoms with E-state index in [9.17, 15) is 36.2 Å². The minimum atomic E-state index is -5.15. The fourth-order valence-corrected chi connectivity index (χ4v) is 2.31. The van der Waals surface area contributed by atoms with Crippen LogP contribution in [0.2, 0.25) is 0 Å². The van der Waals surface area contributed by atoms with Gasteiger partial charge < -0.3 is 19.6 Å². The van der Waals surface area contributed by atoms with E-state index < -0.39 is 34.9 Å². The minimum absolute atomic E-state index is 0.0386. The Hall–Kier alpha value is -2.17. The number of alkyl halides is 6. The number of nitrogens with zero attached hydrogens (tertiary/aromatic N) is 2. The van der Waals surface area contributed by atoms with Gasteiger partial charge in [0.2, 0.25) is 6.41 Å². The van der Waals surface area contributed by atoms with Gasteiger partial charge in [-0.15, -0.1) is 0 Å². The number of benzene rings is 1. The Morgan fingerprint density at radius 2 is 1.81 bits per heavy atom. The normalized spacial score (nSPS) is 17.1. The zero-order valence-electron chi connectivity index (χ0n) is 13.6. The predicted molar refractivity (Wildman–Crippen MR) is 78.8 cm³/mol. The van der Waals surface area contributed by atoms with Gasteiger partial charge in [0, 0.05) is 26.7 Å². The maximum Gasteiger partial charge on any atom is 0.420 e. The molecule has 0 aliphatic carbocycles. The maximum atomic E-state index is 13.0. The molecule has 1 N–H and O–H groups in total. The van der Waals surface area contributed by atoms with Crippen molar-refractivity contribution < 1.29 is 41.0 Å². The molecular weight excluding hydrogens is 370 g/mol. The molecule has 1 fully saturated rings. The van der Waals surface area contributed by atoms with Crippen molar-refractivity contribution in [2.75, 3.05) is 38.2 Å². The second-order valence-corrected chi connectivity index (χ2v) is 5.86. The summed E-state index contributed by atoms with van der Waals surface area (Å²) in [5.41, 5.74) is -3.92. The van der Waals surface area contributed by atoms with E-state index >= 15 is 0 Å². The number of hydrogen-bond acceptors (Lipinski definition) is 4. The Morgan fingerprint density at radius 3 is 2.27 bits per heavy atom. The molecule has 26 heavy (non-hydrogen) atoms. The lowest BCUT2D eigenvalue weighted by molar-refractivity contribution is -0.143. The van der Waals surface area contributed by atoms with Crippen LogP contribution >= 0.6 is 0 Å². The van der Waals surface area contributed by atoms with Crippen molar-refractivity contribution in [1.29, 1.82) is 0 Å². The molecular formula is C15H16F6N2O3. The SMILES string of the molecule is CN(CCN(C=O)CC1CO1)c1cc(C(F)(F)F)cc(C(F)(F)F)c1O. The number of phenolic OH excluding ortho intramolecular Hbond substituents is 1. The lowest BCUT2D eigenvalue weighted by atomic mass is 10.1. The van der Waals surface area contributed by atoms with Crippen molar-refractivity contribution in [1.82, 2.24) is 4.90 Å². The van der Waals surface area contributed by atoms with Crippen LogP contribution in [0.5, 0.6) is 5.75 Å². The first-order valence-electron chi connectivity index (χ1n) is 7.47. The molecule has 0 spiro atoms. The number of likely N-dealkylation sites (N-methyl/N-ethyl adjacent to an activating group) is 1. The summed E-state index contributed by atoms with van der Waals surface area (Å²) in [6.07, 6.45) is -9.76. The quantitative estimate of drug-likeness (QED) is 0.445. The molecule has 0 radical (unpaired) electrons. The zero-order chi connectivity index (χ0) is 19.7. The summed E-state index contributed by atoms with van der Waals surface area (Å²) in [7, 11) is 1.23. The zero-order valence-corrected chi connectivity index (χ0v) is 13.6. The van der Waals surface area contributed by atoms with Crippen molar-refractivity contribution in [2.45, 2.75) is 18.5 Å². The molecule has 146 valence electrons. The number of epoxide rings is 1. The number of amides is 1. The molecule has 1 amide bonds. The van der Waals surface area contributed by atoms with Crippen LogP contribution in [0.15, 0.2) is 12.1 Å². The largest absolute Gasteiger partial charge is 0.505 e. The smallest absolute Gasteiger partial charge is 0.420 e. The molecule has 2 rings (SSSR count). The monoisotopic (exact) mass is 386 g/mol. The first-order valence-corrected chi connectivity index (χ1v) is 7.47. The van der Waals surface area contributed by atoms with E-state index in [1.54, 1.807) is 0 Å². The molecule has 1 aromatic rings. The Bertz CT molecular complexity index is 658. The van der Waals surface area contributed by atoms with Gasteiger partial charge in [-0.1, -0.05) is 0 Å². The molecule has 1 unspecified atom stereocenters. The molecule has 0 bridgehead atoms. The summed E-state index contributed by atoms with van der Waals surface area (Å²) in [4.78, 5) is 13.3. The van der Waals surface area contributed by atoms with E-state index in [1.807, 2.05) is 0 Å². The number of carbonyl (C=O) groups excluding carboxylic acids is 1. The second kappa shape index (κ2) is 7.22. The third kappa shape index (κ3) is 4.93. The van der Waals surface area contributed by atoms with Crippen LogP contribution in [0.3, 0.4) is 0 Å². The molecule has 0 saturated carbocycles. The standard InChI is InChI=1S/C15H16F6N2O3/c1-22(2-3-23(8-24)6-10-7-26-10)12-5-9(14(16,17)18)4-11(13(12)25)15(19,20)21/h4-5,8,10,25H,2-3,6-7H2,1H3. The van der Waals surface area contributed by atoms with Crippen LogP contribution in [0.25, 0.3) is 0 Å². The molecule has 1 aliphatic rings. The van der Waals surface area contributed by atoms with Gasteiger partial charge in [-0.25, -0.2) is 0 Å². The van der Waals surface area contributed by atoms with E-state index in [-0.39, 0.29) is 31.8 Å².